The Kier molecular flexibility index (Phi) is 4.36. The van der Waals surface area contributed by atoms with E-state index in [2.05, 4.69) is 10.3 Å². The number of methoxy groups -OCH3 is 1. The molecule has 0 aliphatic heterocycles. The second kappa shape index (κ2) is 6.20. The van der Waals surface area contributed by atoms with Gasteiger partial charge in [-0.05, 0) is 35.9 Å². The van der Waals surface area contributed by atoms with Crippen molar-refractivity contribution in [3.63, 3.8) is 0 Å². The Morgan fingerprint density at radius 1 is 1.32 bits per heavy atom. The highest BCUT2D eigenvalue weighted by Gasteiger charge is 2.06. The Hall–Kier alpha value is -2.07. The third-order valence-corrected chi connectivity index (χ3v) is 2.84. The number of hydrogen-bond acceptors (Lipinski definition) is 3. The number of aromatic nitrogens is 1. The number of pyridine rings is 1. The predicted octanol–water partition coefficient (Wildman–Crippen LogP) is 2.92. The zero-order chi connectivity index (χ0) is 13.7. The molecule has 0 aliphatic carbocycles. The SMILES string of the molecule is COc1ccc(NC(=O)Cc2ccncc2)cc1Cl. The van der Waals surface area contributed by atoms with Gasteiger partial charge in [-0.3, -0.25) is 9.78 Å². The number of ether oxygens (including phenoxy) is 1. The monoisotopic (exact) mass is 276 g/mol. The molecule has 0 saturated heterocycles. The lowest BCUT2D eigenvalue weighted by Gasteiger charge is -2.08. The fraction of sp³-hybridized carbons (Fsp3) is 0.143. The first-order chi connectivity index (χ1) is 9.19. The summed E-state index contributed by atoms with van der Waals surface area (Å²) in [5.41, 5.74) is 1.55. The summed E-state index contributed by atoms with van der Waals surface area (Å²) in [5, 5.41) is 3.25. The molecule has 5 heteroatoms. The Morgan fingerprint density at radius 2 is 2.05 bits per heavy atom. The number of amides is 1. The maximum atomic E-state index is 11.8. The molecule has 0 radical (unpaired) electrons. The quantitative estimate of drug-likeness (QED) is 0.934. The molecule has 2 rings (SSSR count). The second-order valence-electron chi connectivity index (χ2n) is 3.93. The van der Waals surface area contributed by atoms with Crippen LogP contribution in [0.5, 0.6) is 5.75 Å². The first-order valence-electron chi connectivity index (χ1n) is 5.71. The van der Waals surface area contributed by atoms with Crippen molar-refractivity contribution < 1.29 is 9.53 Å². The standard InChI is InChI=1S/C14H13ClN2O2/c1-19-13-3-2-11(9-12(13)15)17-14(18)8-10-4-6-16-7-5-10/h2-7,9H,8H2,1H3,(H,17,18). The van der Waals surface area contributed by atoms with Crippen molar-refractivity contribution in [2.45, 2.75) is 6.42 Å². The molecule has 2 aromatic rings. The largest absolute Gasteiger partial charge is 0.495 e. The normalized spacial score (nSPS) is 10.0. The average molecular weight is 277 g/mol. The maximum absolute atomic E-state index is 11.8. The summed E-state index contributed by atoms with van der Waals surface area (Å²) < 4.78 is 5.05. The summed E-state index contributed by atoms with van der Waals surface area (Å²) in [6.45, 7) is 0. The van der Waals surface area contributed by atoms with E-state index in [0.717, 1.165) is 5.56 Å². The van der Waals surface area contributed by atoms with E-state index in [1.54, 1.807) is 49.8 Å². The first kappa shape index (κ1) is 13.4. The summed E-state index contributed by atoms with van der Waals surface area (Å²) in [4.78, 5) is 15.7. The smallest absolute Gasteiger partial charge is 0.228 e. The first-order valence-corrected chi connectivity index (χ1v) is 6.09. The number of nitrogens with zero attached hydrogens (tertiary/aromatic N) is 1. The Balaban J connectivity index is 2.01. The lowest BCUT2D eigenvalue weighted by molar-refractivity contribution is -0.115. The van der Waals surface area contributed by atoms with Crippen LogP contribution in [0.4, 0.5) is 5.69 Å². The van der Waals surface area contributed by atoms with Gasteiger partial charge in [0.15, 0.2) is 0 Å². The minimum Gasteiger partial charge on any atom is -0.495 e. The summed E-state index contributed by atoms with van der Waals surface area (Å²) >= 11 is 5.99. The van der Waals surface area contributed by atoms with Crippen molar-refractivity contribution in [2.24, 2.45) is 0 Å². The number of carbonyl (C=O) groups is 1. The van der Waals surface area contributed by atoms with Crippen LogP contribution in [0.2, 0.25) is 5.02 Å². The summed E-state index contributed by atoms with van der Waals surface area (Å²) in [6, 6.07) is 8.73. The Labute approximate surface area is 116 Å². The van der Waals surface area contributed by atoms with Gasteiger partial charge in [0, 0.05) is 18.1 Å². The number of nitrogens with one attached hydrogen (secondary N) is 1. The summed E-state index contributed by atoms with van der Waals surface area (Å²) in [5.74, 6) is 0.473. The zero-order valence-corrected chi connectivity index (χ0v) is 11.1. The number of halogens is 1. The van der Waals surface area contributed by atoms with Gasteiger partial charge in [0.25, 0.3) is 0 Å². The molecule has 1 aromatic heterocycles. The van der Waals surface area contributed by atoms with Gasteiger partial charge in [-0.25, -0.2) is 0 Å². The van der Waals surface area contributed by atoms with E-state index in [0.29, 0.717) is 22.9 Å². The number of benzene rings is 1. The molecule has 0 saturated carbocycles. The van der Waals surface area contributed by atoms with Crippen LogP contribution in [-0.4, -0.2) is 18.0 Å². The number of carbonyl (C=O) groups excluding carboxylic acids is 1. The van der Waals surface area contributed by atoms with Crippen molar-refractivity contribution in [3.8, 4) is 5.75 Å². The molecule has 0 atom stereocenters. The van der Waals surface area contributed by atoms with Crippen LogP contribution in [0, 0.1) is 0 Å². The molecule has 19 heavy (non-hydrogen) atoms. The number of hydrogen-bond donors (Lipinski definition) is 1. The summed E-state index contributed by atoms with van der Waals surface area (Å²) in [6.07, 6.45) is 3.62. The highest BCUT2D eigenvalue weighted by atomic mass is 35.5. The Morgan fingerprint density at radius 3 is 2.68 bits per heavy atom. The predicted molar refractivity (Wildman–Crippen MR) is 74.6 cm³/mol. The average Bonchev–Trinajstić information content (AvgIpc) is 2.40. The molecule has 0 aliphatic rings. The molecule has 0 bridgehead atoms. The lowest BCUT2D eigenvalue weighted by atomic mass is 10.2. The molecule has 1 amide bonds. The number of rotatable bonds is 4. The topological polar surface area (TPSA) is 51.2 Å². The van der Waals surface area contributed by atoms with Crippen LogP contribution in [0.1, 0.15) is 5.56 Å². The molecule has 1 aromatic carbocycles. The van der Waals surface area contributed by atoms with Gasteiger partial charge in [0.05, 0.1) is 18.6 Å². The van der Waals surface area contributed by atoms with E-state index in [1.807, 2.05) is 0 Å². The van der Waals surface area contributed by atoms with Crippen molar-refractivity contribution in [1.82, 2.24) is 4.98 Å². The van der Waals surface area contributed by atoms with Crippen LogP contribution in [0.3, 0.4) is 0 Å². The van der Waals surface area contributed by atoms with E-state index in [4.69, 9.17) is 16.3 Å². The zero-order valence-electron chi connectivity index (χ0n) is 10.4. The Bertz CT molecular complexity index is 573. The molecule has 0 fully saturated rings. The minimum absolute atomic E-state index is 0.104. The maximum Gasteiger partial charge on any atom is 0.228 e. The van der Waals surface area contributed by atoms with Gasteiger partial charge in [0.2, 0.25) is 5.91 Å². The molecule has 0 unspecified atom stereocenters. The molecular weight excluding hydrogens is 264 g/mol. The molecule has 4 nitrogen and oxygen atoms in total. The highest BCUT2D eigenvalue weighted by molar-refractivity contribution is 6.32. The van der Waals surface area contributed by atoms with Gasteiger partial charge in [-0.1, -0.05) is 11.6 Å². The van der Waals surface area contributed by atoms with E-state index in [1.165, 1.54) is 0 Å². The van der Waals surface area contributed by atoms with Gasteiger partial charge in [-0.15, -0.1) is 0 Å². The molecule has 1 N–H and O–H groups in total. The van der Waals surface area contributed by atoms with Gasteiger partial charge < -0.3 is 10.1 Å². The minimum atomic E-state index is -0.104. The van der Waals surface area contributed by atoms with Crippen LogP contribution in [0.15, 0.2) is 42.7 Å². The van der Waals surface area contributed by atoms with Crippen molar-refractivity contribution in [3.05, 3.63) is 53.3 Å². The van der Waals surface area contributed by atoms with Crippen molar-refractivity contribution >= 4 is 23.2 Å². The third-order valence-electron chi connectivity index (χ3n) is 2.55. The third kappa shape index (κ3) is 3.69. The molecule has 1 heterocycles. The van der Waals surface area contributed by atoms with E-state index in [9.17, 15) is 4.79 Å². The van der Waals surface area contributed by atoms with Crippen LogP contribution >= 0.6 is 11.6 Å². The molecule has 0 spiro atoms. The fourth-order valence-corrected chi connectivity index (χ4v) is 1.89. The number of anilines is 1. The molecule has 98 valence electrons. The van der Waals surface area contributed by atoms with Crippen molar-refractivity contribution in [2.75, 3.05) is 12.4 Å². The van der Waals surface area contributed by atoms with Crippen LogP contribution < -0.4 is 10.1 Å². The van der Waals surface area contributed by atoms with E-state index >= 15 is 0 Å². The van der Waals surface area contributed by atoms with E-state index in [-0.39, 0.29) is 5.91 Å². The van der Waals surface area contributed by atoms with Gasteiger partial charge >= 0.3 is 0 Å². The van der Waals surface area contributed by atoms with Crippen LogP contribution in [-0.2, 0) is 11.2 Å². The summed E-state index contributed by atoms with van der Waals surface area (Å²) in [7, 11) is 1.54. The van der Waals surface area contributed by atoms with Crippen LogP contribution in [0.25, 0.3) is 0 Å². The second-order valence-corrected chi connectivity index (χ2v) is 4.34. The fourth-order valence-electron chi connectivity index (χ4n) is 1.64. The lowest BCUT2D eigenvalue weighted by Crippen LogP contribution is -2.14. The van der Waals surface area contributed by atoms with E-state index < -0.39 is 0 Å². The van der Waals surface area contributed by atoms with Gasteiger partial charge in [-0.2, -0.15) is 0 Å². The van der Waals surface area contributed by atoms with Gasteiger partial charge in [0.1, 0.15) is 5.75 Å². The van der Waals surface area contributed by atoms with Crippen molar-refractivity contribution in [1.29, 1.82) is 0 Å². The molecular formula is C14H13ClN2O2. The highest BCUT2D eigenvalue weighted by Crippen LogP contribution is 2.27.